The van der Waals surface area contributed by atoms with Crippen LogP contribution in [0.15, 0.2) is 42.5 Å². The number of para-hydroxylation sites is 1. The van der Waals surface area contributed by atoms with E-state index in [1.54, 1.807) is 12.1 Å². The fourth-order valence-corrected chi connectivity index (χ4v) is 3.18. The summed E-state index contributed by atoms with van der Waals surface area (Å²) in [7, 11) is 0. The number of piperidine rings is 1. The number of aldehydes is 1. The summed E-state index contributed by atoms with van der Waals surface area (Å²) in [6.45, 7) is 1.69. The van der Waals surface area contributed by atoms with Gasteiger partial charge in [-0.05, 0) is 42.5 Å². The van der Waals surface area contributed by atoms with Gasteiger partial charge in [0.1, 0.15) is 11.5 Å². The van der Waals surface area contributed by atoms with E-state index in [-0.39, 0.29) is 17.4 Å². The standard InChI is InChI=1S/C18H19NO3/c20-12-14-3-1-2-4-17(14)19-9-7-13(8-10-19)16-6-5-15(21)11-18(16)22/h1-6,11-13,21-22H,7-10H2. The van der Waals surface area contributed by atoms with Crippen molar-refractivity contribution in [1.82, 2.24) is 0 Å². The van der Waals surface area contributed by atoms with Crippen LogP contribution in [-0.4, -0.2) is 29.6 Å². The lowest BCUT2D eigenvalue weighted by atomic mass is 9.88. The van der Waals surface area contributed by atoms with Crippen LogP contribution in [0.1, 0.15) is 34.7 Å². The van der Waals surface area contributed by atoms with Gasteiger partial charge < -0.3 is 15.1 Å². The fourth-order valence-electron chi connectivity index (χ4n) is 3.18. The maximum atomic E-state index is 11.1. The smallest absolute Gasteiger partial charge is 0.152 e. The van der Waals surface area contributed by atoms with Gasteiger partial charge in [-0.15, -0.1) is 0 Å². The molecule has 3 rings (SSSR count). The number of benzene rings is 2. The minimum absolute atomic E-state index is 0.0820. The second-order valence-electron chi connectivity index (χ2n) is 5.68. The molecule has 4 heteroatoms. The molecule has 114 valence electrons. The van der Waals surface area contributed by atoms with E-state index in [1.807, 2.05) is 24.3 Å². The first-order chi connectivity index (χ1) is 10.7. The minimum atomic E-state index is 0.0820. The molecule has 0 radical (unpaired) electrons. The Morgan fingerprint density at radius 2 is 1.77 bits per heavy atom. The van der Waals surface area contributed by atoms with Crippen LogP contribution in [0.25, 0.3) is 0 Å². The first kappa shape index (κ1) is 14.4. The van der Waals surface area contributed by atoms with Crippen LogP contribution < -0.4 is 4.90 Å². The van der Waals surface area contributed by atoms with E-state index >= 15 is 0 Å². The van der Waals surface area contributed by atoms with Crippen LogP contribution in [0.2, 0.25) is 0 Å². The number of rotatable bonds is 3. The van der Waals surface area contributed by atoms with Crippen LogP contribution in [0.4, 0.5) is 5.69 Å². The van der Waals surface area contributed by atoms with E-state index in [4.69, 9.17) is 0 Å². The molecule has 0 aromatic heterocycles. The lowest BCUT2D eigenvalue weighted by molar-refractivity contribution is 0.112. The molecule has 0 aliphatic carbocycles. The normalized spacial score (nSPS) is 15.7. The van der Waals surface area contributed by atoms with Crippen LogP contribution in [0.5, 0.6) is 11.5 Å². The molecule has 0 saturated carbocycles. The highest BCUT2D eigenvalue weighted by molar-refractivity contribution is 5.84. The summed E-state index contributed by atoms with van der Waals surface area (Å²) in [5.74, 6) is 0.519. The number of nitrogens with zero attached hydrogens (tertiary/aromatic N) is 1. The molecular weight excluding hydrogens is 278 g/mol. The van der Waals surface area contributed by atoms with Crippen LogP contribution >= 0.6 is 0 Å². The zero-order chi connectivity index (χ0) is 15.5. The van der Waals surface area contributed by atoms with Gasteiger partial charge in [0.25, 0.3) is 0 Å². The molecule has 1 aliphatic rings. The summed E-state index contributed by atoms with van der Waals surface area (Å²) in [4.78, 5) is 13.4. The van der Waals surface area contributed by atoms with Crippen molar-refractivity contribution >= 4 is 12.0 Å². The number of hydrogen-bond acceptors (Lipinski definition) is 4. The SMILES string of the molecule is O=Cc1ccccc1N1CCC(c2ccc(O)cc2O)CC1. The number of anilines is 1. The highest BCUT2D eigenvalue weighted by Gasteiger charge is 2.23. The summed E-state index contributed by atoms with van der Waals surface area (Å²) < 4.78 is 0. The molecule has 22 heavy (non-hydrogen) atoms. The molecule has 1 heterocycles. The Morgan fingerprint density at radius 1 is 1.05 bits per heavy atom. The molecule has 0 amide bonds. The average molecular weight is 297 g/mol. The summed E-state index contributed by atoms with van der Waals surface area (Å²) in [5, 5.41) is 19.4. The van der Waals surface area contributed by atoms with Gasteiger partial charge in [0, 0.05) is 30.4 Å². The molecule has 0 unspecified atom stereocenters. The first-order valence-corrected chi connectivity index (χ1v) is 7.50. The number of phenolic OH excluding ortho intramolecular Hbond substituents is 2. The largest absolute Gasteiger partial charge is 0.508 e. The van der Waals surface area contributed by atoms with Gasteiger partial charge >= 0.3 is 0 Å². The topological polar surface area (TPSA) is 60.8 Å². The summed E-state index contributed by atoms with van der Waals surface area (Å²) in [5.41, 5.74) is 2.58. The summed E-state index contributed by atoms with van der Waals surface area (Å²) in [6.07, 6.45) is 2.71. The molecule has 4 nitrogen and oxygen atoms in total. The predicted octanol–water partition coefficient (Wildman–Crippen LogP) is 3.29. The van der Waals surface area contributed by atoms with Gasteiger partial charge in [-0.2, -0.15) is 0 Å². The lowest BCUT2D eigenvalue weighted by Crippen LogP contribution is -2.33. The maximum Gasteiger partial charge on any atom is 0.152 e. The number of aromatic hydroxyl groups is 2. The van der Waals surface area contributed by atoms with Crippen molar-refractivity contribution in [2.45, 2.75) is 18.8 Å². The van der Waals surface area contributed by atoms with E-state index in [9.17, 15) is 15.0 Å². The molecule has 0 bridgehead atoms. The molecule has 0 spiro atoms. The highest BCUT2D eigenvalue weighted by atomic mass is 16.3. The third-order valence-corrected chi connectivity index (χ3v) is 4.35. The van der Waals surface area contributed by atoms with Crippen LogP contribution in [0.3, 0.4) is 0 Å². The number of carbonyl (C=O) groups is 1. The van der Waals surface area contributed by atoms with Crippen molar-refractivity contribution in [1.29, 1.82) is 0 Å². The van der Waals surface area contributed by atoms with Crippen LogP contribution in [0, 0.1) is 0 Å². The van der Waals surface area contributed by atoms with Gasteiger partial charge in [0.05, 0.1) is 0 Å². The van der Waals surface area contributed by atoms with E-state index in [1.165, 1.54) is 6.07 Å². The zero-order valence-electron chi connectivity index (χ0n) is 12.3. The summed E-state index contributed by atoms with van der Waals surface area (Å²) >= 11 is 0. The Balaban J connectivity index is 1.74. The minimum Gasteiger partial charge on any atom is -0.508 e. The Hall–Kier alpha value is -2.49. The van der Waals surface area contributed by atoms with Crippen molar-refractivity contribution in [2.24, 2.45) is 0 Å². The molecule has 1 fully saturated rings. The molecular formula is C18H19NO3. The number of carbonyl (C=O) groups excluding carboxylic acids is 1. The van der Waals surface area contributed by atoms with E-state index in [0.717, 1.165) is 43.5 Å². The van der Waals surface area contributed by atoms with Crippen molar-refractivity contribution < 1.29 is 15.0 Å². The maximum absolute atomic E-state index is 11.1. The summed E-state index contributed by atoms with van der Waals surface area (Å²) in [6, 6.07) is 12.4. The zero-order valence-corrected chi connectivity index (χ0v) is 12.3. The Kier molecular flexibility index (Phi) is 4.00. The van der Waals surface area contributed by atoms with Crippen molar-refractivity contribution in [3.8, 4) is 11.5 Å². The van der Waals surface area contributed by atoms with Gasteiger partial charge in [-0.25, -0.2) is 0 Å². The third-order valence-electron chi connectivity index (χ3n) is 4.35. The van der Waals surface area contributed by atoms with Crippen molar-refractivity contribution in [2.75, 3.05) is 18.0 Å². The molecule has 0 atom stereocenters. The first-order valence-electron chi connectivity index (χ1n) is 7.50. The Labute approximate surface area is 129 Å². The van der Waals surface area contributed by atoms with Gasteiger partial charge in [-0.1, -0.05) is 18.2 Å². The average Bonchev–Trinajstić information content (AvgIpc) is 2.55. The fraction of sp³-hybridized carbons (Fsp3) is 0.278. The monoisotopic (exact) mass is 297 g/mol. The van der Waals surface area contributed by atoms with Gasteiger partial charge in [-0.3, -0.25) is 4.79 Å². The second-order valence-corrected chi connectivity index (χ2v) is 5.68. The molecule has 2 N–H and O–H groups in total. The van der Waals surface area contributed by atoms with Gasteiger partial charge in [0.2, 0.25) is 0 Å². The Morgan fingerprint density at radius 3 is 2.45 bits per heavy atom. The van der Waals surface area contributed by atoms with Gasteiger partial charge in [0.15, 0.2) is 6.29 Å². The highest BCUT2D eigenvalue weighted by Crippen LogP contribution is 2.36. The molecule has 1 saturated heterocycles. The molecule has 2 aromatic rings. The van der Waals surface area contributed by atoms with Crippen molar-refractivity contribution in [3.05, 3.63) is 53.6 Å². The third kappa shape index (κ3) is 2.77. The molecule has 2 aromatic carbocycles. The van der Waals surface area contributed by atoms with E-state index in [0.29, 0.717) is 5.56 Å². The lowest BCUT2D eigenvalue weighted by Gasteiger charge is -2.34. The Bertz CT molecular complexity index is 676. The number of hydrogen-bond donors (Lipinski definition) is 2. The number of phenols is 2. The second kappa shape index (κ2) is 6.10. The van der Waals surface area contributed by atoms with Crippen LogP contribution in [-0.2, 0) is 0 Å². The quantitative estimate of drug-likeness (QED) is 0.853. The molecule has 1 aliphatic heterocycles. The van der Waals surface area contributed by atoms with E-state index < -0.39 is 0 Å². The predicted molar refractivity (Wildman–Crippen MR) is 85.8 cm³/mol. The van der Waals surface area contributed by atoms with E-state index in [2.05, 4.69) is 4.90 Å². The van der Waals surface area contributed by atoms with Crippen molar-refractivity contribution in [3.63, 3.8) is 0 Å².